The van der Waals surface area contributed by atoms with Crippen molar-refractivity contribution in [3.05, 3.63) is 72.8 Å². The Bertz CT molecular complexity index is 1490. The minimum absolute atomic E-state index is 0.0143. The van der Waals surface area contributed by atoms with E-state index in [1.807, 2.05) is 26.8 Å². The van der Waals surface area contributed by atoms with Crippen LogP contribution in [0.1, 0.15) is 22.0 Å². The summed E-state index contributed by atoms with van der Waals surface area (Å²) in [5.74, 6) is 1.96. The number of hydrogen-bond donors (Lipinski definition) is 1. The molecule has 0 atom stereocenters. The molecule has 5 rings (SSSR count). The standard InChI is InChI=1S/C24H25N7O3S/c1-14-11-20(28-22(25-14)17-5-4-6-18(12-17)31(33)34)30-9-7-29(8-10-30)13-19-26-23(32)21-15(2)16(3)35-24(21)27-19/h4-6,11-12H,7-10,13H2,1-3H3,(H,26,27,32). The van der Waals surface area contributed by atoms with Gasteiger partial charge in [0.05, 0.1) is 16.9 Å². The Morgan fingerprint density at radius 2 is 1.86 bits per heavy atom. The molecule has 180 valence electrons. The van der Waals surface area contributed by atoms with Crippen molar-refractivity contribution in [3.63, 3.8) is 0 Å². The summed E-state index contributed by atoms with van der Waals surface area (Å²) in [7, 11) is 0. The average Bonchev–Trinajstić information content (AvgIpc) is 3.12. The number of non-ortho nitro benzene ring substituents is 1. The summed E-state index contributed by atoms with van der Waals surface area (Å²) in [6.45, 7) is 9.55. The highest BCUT2D eigenvalue weighted by Gasteiger charge is 2.21. The molecule has 0 unspecified atom stereocenters. The summed E-state index contributed by atoms with van der Waals surface area (Å²) >= 11 is 1.56. The first-order valence-electron chi connectivity index (χ1n) is 11.3. The zero-order valence-corrected chi connectivity index (χ0v) is 20.6. The van der Waals surface area contributed by atoms with Crippen LogP contribution in [0.3, 0.4) is 0 Å². The topological polar surface area (TPSA) is 121 Å². The van der Waals surface area contributed by atoms with Gasteiger partial charge in [0.1, 0.15) is 16.5 Å². The van der Waals surface area contributed by atoms with Crippen molar-refractivity contribution in [1.82, 2.24) is 24.8 Å². The Kier molecular flexibility index (Phi) is 6.03. The molecule has 1 N–H and O–H groups in total. The molecule has 3 aromatic heterocycles. The predicted octanol–water partition coefficient (Wildman–Crippen LogP) is 3.60. The number of piperazine rings is 1. The fraction of sp³-hybridized carbons (Fsp3) is 0.333. The van der Waals surface area contributed by atoms with E-state index < -0.39 is 4.92 Å². The highest BCUT2D eigenvalue weighted by atomic mass is 32.1. The van der Waals surface area contributed by atoms with Crippen molar-refractivity contribution in [2.45, 2.75) is 27.3 Å². The summed E-state index contributed by atoms with van der Waals surface area (Å²) in [6.07, 6.45) is 0. The largest absolute Gasteiger partial charge is 0.354 e. The molecular weight excluding hydrogens is 466 g/mol. The second kappa shape index (κ2) is 9.16. The fourth-order valence-corrected chi connectivity index (χ4v) is 5.37. The first-order chi connectivity index (χ1) is 16.8. The van der Waals surface area contributed by atoms with Crippen molar-refractivity contribution < 1.29 is 4.92 Å². The first kappa shape index (κ1) is 23.1. The highest BCUT2D eigenvalue weighted by molar-refractivity contribution is 7.18. The Morgan fingerprint density at radius 1 is 1.09 bits per heavy atom. The molecule has 1 aliphatic rings. The van der Waals surface area contributed by atoms with Crippen molar-refractivity contribution >= 4 is 33.1 Å². The summed E-state index contributed by atoms with van der Waals surface area (Å²) in [4.78, 5) is 46.6. The van der Waals surface area contributed by atoms with E-state index in [0.29, 0.717) is 29.1 Å². The van der Waals surface area contributed by atoms with Gasteiger partial charge in [-0.3, -0.25) is 19.8 Å². The molecule has 0 spiro atoms. The normalized spacial score (nSPS) is 14.5. The van der Waals surface area contributed by atoms with Crippen molar-refractivity contribution in [3.8, 4) is 11.4 Å². The molecule has 0 saturated carbocycles. The molecular formula is C24H25N7O3S. The van der Waals surface area contributed by atoms with Gasteiger partial charge in [-0.15, -0.1) is 11.3 Å². The minimum atomic E-state index is -0.417. The van der Waals surface area contributed by atoms with E-state index in [4.69, 9.17) is 9.97 Å². The van der Waals surface area contributed by atoms with Gasteiger partial charge in [-0.25, -0.2) is 15.0 Å². The van der Waals surface area contributed by atoms with Gasteiger partial charge in [-0.2, -0.15) is 0 Å². The molecule has 4 heterocycles. The molecule has 0 aliphatic carbocycles. The number of H-pyrrole nitrogens is 1. The molecule has 1 aliphatic heterocycles. The number of anilines is 1. The lowest BCUT2D eigenvalue weighted by molar-refractivity contribution is -0.384. The van der Waals surface area contributed by atoms with Crippen LogP contribution >= 0.6 is 11.3 Å². The van der Waals surface area contributed by atoms with Gasteiger partial charge in [0.15, 0.2) is 5.82 Å². The number of nitro groups is 1. The summed E-state index contributed by atoms with van der Waals surface area (Å²) < 4.78 is 0. The molecule has 4 aromatic rings. The smallest absolute Gasteiger partial charge is 0.270 e. The molecule has 1 saturated heterocycles. The number of nitro benzene ring substituents is 1. The molecule has 0 amide bonds. The molecule has 11 heteroatoms. The Morgan fingerprint density at radius 3 is 2.60 bits per heavy atom. The van der Waals surface area contributed by atoms with Crippen LogP contribution in [-0.2, 0) is 6.54 Å². The Labute approximate surface area is 205 Å². The maximum Gasteiger partial charge on any atom is 0.270 e. The van der Waals surface area contributed by atoms with Crippen LogP contribution in [0.5, 0.6) is 0 Å². The number of rotatable bonds is 5. The number of fused-ring (bicyclic) bond motifs is 1. The maximum absolute atomic E-state index is 12.6. The van der Waals surface area contributed by atoms with Gasteiger partial charge in [0.25, 0.3) is 11.2 Å². The number of aromatic nitrogens is 4. The van der Waals surface area contributed by atoms with Gasteiger partial charge in [-0.05, 0) is 26.3 Å². The number of nitrogens with one attached hydrogen (secondary N) is 1. The Hall–Kier alpha value is -3.70. The van der Waals surface area contributed by atoms with Crippen LogP contribution in [0, 0.1) is 30.9 Å². The molecule has 1 aromatic carbocycles. The van der Waals surface area contributed by atoms with Crippen molar-refractivity contribution in [2.75, 3.05) is 31.1 Å². The number of nitrogens with zero attached hydrogens (tertiary/aromatic N) is 6. The predicted molar refractivity (Wildman–Crippen MR) is 136 cm³/mol. The molecule has 0 radical (unpaired) electrons. The summed E-state index contributed by atoms with van der Waals surface area (Å²) in [5, 5.41) is 11.8. The van der Waals surface area contributed by atoms with Gasteiger partial charge in [-0.1, -0.05) is 12.1 Å². The fourth-order valence-electron chi connectivity index (χ4n) is 4.32. The van der Waals surface area contributed by atoms with E-state index in [-0.39, 0.29) is 11.2 Å². The number of thiophene rings is 1. The lowest BCUT2D eigenvalue weighted by Gasteiger charge is -2.35. The third-order valence-corrected chi connectivity index (χ3v) is 7.41. The van der Waals surface area contributed by atoms with Crippen LogP contribution in [0.25, 0.3) is 21.6 Å². The first-order valence-corrected chi connectivity index (χ1v) is 12.2. The van der Waals surface area contributed by atoms with Crippen LogP contribution in [-0.4, -0.2) is 55.9 Å². The second-order valence-corrected chi connectivity index (χ2v) is 9.94. The van der Waals surface area contributed by atoms with Gasteiger partial charge in [0.2, 0.25) is 0 Å². The van der Waals surface area contributed by atoms with Crippen molar-refractivity contribution in [2.24, 2.45) is 0 Å². The van der Waals surface area contributed by atoms with Crippen molar-refractivity contribution in [1.29, 1.82) is 0 Å². The SMILES string of the molecule is Cc1cc(N2CCN(Cc3nc4sc(C)c(C)c4c(=O)[nH]3)CC2)nc(-c2cccc([N+](=O)[O-])c2)n1. The highest BCUT2D eigenvalue weighted by Crippen LogP contribution is 2.27. The summed E-state index contributed by atoms with van der Waals surface area (Å²) in [6, 6.07) is 8.32. The zero-order valence-electron chi connectivity index (χ0n) is 19.7. The third-order valence-electron chi connectivity index (χ3n) is 6.31. The number of benzene rings is 1. The maximum atomic E-state index is 12.6. The van der Waals surface area contributed by atoms with E-state index in [2.05, 4.69) is 19.8 Å². The number of aromatic amines is 1. The van der Waals surface area contributed by atoms with Crippen LogP contribution in [0.4, 0.5) is 11.5 Å². The lowest BCUT2D eigenvalue weighted by Crippen LogP contribution is -2.46. The average molecular weight is 492 g/mol. The van der Waals surface area contributed by atoms with Crippen LogP contribution in [0.2, 0.25) is 0 Å². The van der Waals surface area contributed by atoms with Gasteiger partial charge < -0.3 is 9.88 Å². The van der Waals surface area contributed by atoms with E-state index in [1.54, 1.807) is 23.5 Å². The lowest BCUT2D eigenvalue weighted by atomic mass is 10.2. The van der Waals surface area contributed by atoms with Gasteiger partial charge in [0, 0.05) is 60.5 Å². The monoisotopic (exact) mass is 491 g/mol. The zero-order chi connectivity index (χ0) is 24.7. The third kappa shape index (κ3) is 4.64. The van der Waals surface area contributed by atoms with E-state index >= 15 is 0 Å². The van der Waals surface area contributed by atoms with Crippen LogP contribution in [0.15, 0.2) is 35.1 Å². The summed E-state index contributed by atoms with van der Waals surface area (Å²) in [5.41, 5.74) is 2.36. The van der Waals surface area contributed by atoms with E-state index in [0.717, 1.165) is 53.0 Å². The number of hydrogen-bond acceptors (Lipinski definition) is 9. The van der Waals surface area contributed by atoms with E-state index in [9.17, 15) is 14.9 Å². The van der Waals surface area contributed by atoms with Crippen LogP contribution < -0.4 is 10.5 Å². The van der Waals surface area contributed by atoms with E-state index in [1.165, 1.54) is 12.1 Å². The quantitative estimate of drug-likeness (QED) is 0.332. The second-order valence-electron chi connectivity index (χ2n) is 8.74. The molecule has 35 heavy (non-hydrogen) atoms. The molecule has 10 nitrogen and oxygen atoms in total. The molecule has 0 bridgehead atoms. The van der Waals surface area contributed by atoms with Gasteiger partial charge >= 0.3 is 0 Å². The molecule has 1 fully saturated rings. The number of aryl methyl sites for hydroxylation is 3. The minimum Gasteiger partial charge on any atom is -0.354 e. The Balaban J connectivity index is 1.30.